The Labute approximate surface area is 196 Å². The van der Waals surface area contributed by atoms with Gasteiger partial charge >= 0.3 is 11.9 Å². The lowest BCUT2D eigenvalue weighted by Gasteiger charge is -2.38. The second-order valence-electron chi connectivity index (χ2n) is 9.70. The Balaban J connectivity index is 3.64. The number of unbranched alkanes of at least 4 members (excludes halogenated alkanes) is 13. The van der Waals surface area contributed by atoms with Crippen LogP contribution in [0.1, 0.15) is 136 Å². The number of hydrogen-bond donors (Lipinski definition) is 2. The highest BCUT2D eigenvalue weighted by Gasteiger charge is 2.28. The largest absolute Gasteiger partial charge is 0.481 e. The van der Waals surface area contributed by atoms with Crippen LogP contribution in [0.2, 0.25) is 0 Å². The Morgan fingerprint density at radius 3 is 1.28 bits per heavy atom. The zero-order chi connectivity index (χ0) is 24.2. The molecule has 0 radical (unpaired) electrons. The van der Waals surface area contributed by atoms with E-state index in [9.17, 15) is 14.4 Å². The first-order chi connectivity index (χ1) is 15.2. The standard InChI is InChI=1S/C26H49NO5/c1-4-26(2,3)27(22-21-25(31)32)23(28)19-17-15-13-11-9-7-5-6-8-10-12-14-16-18-20-24(29)30/h4-22H2,1-3H3,(H,29,30)(H,31,32). The molecular weight excluding hydrogens is 406 g/mol. The van der Waals surface area contributed by atoms with E-state index in [1.165, 1.54) is 51.4 Å². The maximum absolute atomic E-state index is 12.6. The molecule has 0 rings (SSSR count). The fourth-order valence-corrected chi connectivity index (χ4v) is 3.97. The topological polar surface area (TPSA) is 94.9 Å². The van der Waals surface area contributed by atoms with Crippen LogP contribution in [0.5, 0.6) is 0 Å². The highest BCUT2D eigenvalue weighted by Crippen LogP contribution is 2.21. The minimum Gasteiger partial charge on any atom is -0.481 e. The number of carbonyl (C=O) groups is 3. The molecular formula is C26H49NO5. The maximum Gasteiger partial charge on any atom is 0.305 e. The first-order valence-electron chi connectivity index (χ1n) is 12.9. The van der Waals surface area contributed by atoms with Crippen LogP contribution in [-0.2, 0) is 14.4 Å². The monoisotopic (exact) mass is 455 g/mol. The van der Waals surface area contributed by atoms with Gasteiger partial charge in [-0.2, -0.15) is 0 Å². The summed E-state index contributed by atoms with van der Waals surface area (Å²) in [5, 5.41) is 17.6. The van der Waals surface area contributed by atoms with Gasteiger partial charge in [0, 0.05) is 24.9 Å². The molecule has 0 saturated carbocycles. The third-order valence-electron chi connectivity index (χ3n) is 6.48. The molecule has 0 atom stereocenters. The van der Waals surface area contributed by atoms with Crippen molar-refractivity contribution in [3.63, 3.8) is 0 Å². The van der Waals surface area contributed by atoms with Crippen LogP contribution in [0.15, 0.2) is 0 Å². The molecule has 0 unspecified atom stereocenters. The highest BCUT2D eigenvalue weighted by molar-refractivity contribution is 5.77. The first-order valence-corrected chi connectivity index (χ1v) is 12.9. The minimum atomic E-state index is -0.859. The number of hydrogen-bond acceptors (Lipinski definition) is 3. The average Bonchev–Trinajstić information content (AvgIpc) is 2.72. The summed E-state index contributed by atoms with van der Waals surface area (Å²) >= 11 is 0. The van der Waals surface area contributed by atoms with E-state index in [4.69, 9.17) is 10.2 Å². The summed E-state index contributed by atoms with van der Waals surface area (Å²) < 4.78 is 0. The Morgan fingerprint density at radius 1 is 0.594 bits per heavy atom. The number of carboxylic acids is 2. The molecule has 0 saturated heterocycles. The molecule has 2 N–H and O–H groups in total. The van der Waals surface area contributed by atoms with Crippen molar-refractivity contribution in [2.24, 2.45) is 0 Å². The van der Waals surface area contributed by atoms with Crippen LogP contribution in [0.3, 0.4) is 0 Å². The van der Waals surface area contributed by atoms with E-state index in [0.29, 0.717) is 19.4 Å². The molecule has 0 fully saturated rings. The molecule has 0 bridgehead atoms. The third-order valence-corrected chi connectivity index (χ3v) is 6.48. The maximum atomic E-state index is 12.6. The van der Waals surface area contributed by atoms with E-state index >= 15 is 0 Å². The van der Waals surface area contributed by atoms with Crippen LogP contribution >= 0.6 is 0 Å². The van der Waals surface area contributed by atoms with Crippen molar-refractivity contribution < 1.29 is 24.6 Å². The molecule has 0 aliphatic carbocycles. The van der Waals surface area contributed by atoms with Gasteiger partial charge in [0.05, 0.1) is 6.42 Å². The molecule has 0 heterocycles. The van der Waals surface area contributed by atoms with Crippen molar-refractivity contribution in [1.82, 2.24) is 4.90 Å². The van der Waals surface area contributed by atoms with Crippen LogP contribution < -0.4 is 0 Å². The van der Waals surface area contributed by atoms with Crippen molar-refractivity contribution in [2.75, 3.05) is 6.54 Å². The average molecular weight is 456 g/mol. The van der Waals surface area contributed by atoms with Crippen LogP contribution in [0, 0.1) is 0 Å². The van der Waals surface area contributed by atoms with E-state index in [0.717, 1.165) is 44.9 Å². The number of amides is 1. The lowest BCUT2D eigenvalue weighted by atomic mass is 9.97. The van der Waals surface area contributed by atoms with Gasteiger partial charge in [0.2, 0.25) is 5.91 Å². The molecule has 188 valence electrons. The van der Waals surface area contributed by atoms with E-state index in [-0.39, 0.29) is 17.9 Å². The van der Waals surface area contributed by atoms with Crippen molar-refractivity contribution in [3.8, 4) is 0 Å². The molecule has 0 aromatic carbocycles. The van der Waals surface area contributed by atoms with Crippen molar-refractivity contribution in [3.05, 3.63) is 0 Å². The van der Waals surface area contributed by atoms with Gasteiger partial charge in [-0.05, 0) is 33.1 Å². The van der Waals surface area contributed by atoms with E-state index in [1.807, 2.05) is 20.8 Å². The van der Waals surface area contributed by atoms with E-state index in [2.05, 4.69) is 0 Å². The molecule has 6 nitrogen and oxygen atoms in total. The van der Waals surface area contributed by atoms with E-state index in [1.54, 1.807) is 4.90 Å². The van der Waals surface area contributed by atoms with Crippen molar-refractivity contribution in [2.45, 2.75) is 142 Å². The Morgan fingerprint density at radius 2 is 0.938 bits per heavy atom. The number of aliphatic carboxylic acids is 2. The van der Waals surface area contributed by atoms with Gasteiger partial charge < -0.3 is 15.1 Å². The zero-order valence-electron chi connectivity index (χ0n) is 21.0. The lowest BCUT2D eigenvalue weighted by Crippen LogP contribution is -2.48. The lowest BCUT2D eigenvalue weighted by molar-refractivity contribution is -0.141. The van der Waals surface area contributed by atoms with Crippen LogP contribution in [-0.4, -0.2) is 45.0 Å². The Hall–Kier alpha value is -1.59. The fourth-order valence-electron chi connectivity index (χ4n) is 3.97. The molecule has 0 aliphatic rings. The fraction of sp³-hybridized carbons (Fsp3) is 0.885. The van der Waals surface area contributed by atoms with Crippen molar-refractivity contribution >= 4 is 17.8 Å². The minimum absolute atomic E-state index is 0.00195. The van der Waals surface area contributed by atoms with Gasteiger partial charge in [0.25, 0.3) is 0 Å². The summed E-state index contributed by atoms with van der Waals surface area (Å²) in [7, 11) is 0. The predicted octanol–water partition coefficient (Wildman–Crippen LogP) is 6.80. The molecule has 6 heteroatoms. The molecule has 0 aromatic rings. The zero-order valence-corrected chi connectivity index (χ0v) is 21.0. The summed E-state index contributed by atoms with van der Waals surface area (Å²) in [6, 6.07) is 0. The Kier molecular flexibility index (Phi) is 18.0. The normalized spacial score (nSPS) is 11.5. The van der Waals surface area contributed by atoms with E-state index < -0.39 is 11.9 Å². The van der Waals surface area contributed by atoms with Gasteiger partial charge in [-0.15, -0.1) is 0 Å². The predicted molar refractivity (Wildman–Crippen MR) is 130 cm³/mol. The first kappa shape index (κ1) is 30.4. The summed E-state index contributed by atoms with van der Waals surface area (Å²) in [6.45, 7) is 6.34. The van der Waals surface area contributed by atoms with Gasteiger partial charge in [-0.1, -0.05) is 84.0 Å². The number of carboxylic acid groups (broad SMARTS) is 2. The molecule has 0 aliphatic heterocycles. The summed E-state index contributed by atoms with van der Waals surface area (Å²) in [4.78, 5) is 35.7. The molecule has 1 amide bonds. The molecule has 32 heavy (non-hydrogen) atoms. The van der Waals surface area contributed by atoms with Crippen molar-refractivity contribution in [1.29, 1.82) is 0 Å². The van der Waals surface area contributed by atoms with Gasteiger partial charge in [-0.25, -0.2) is 0 Å². The summed E-state index contributed by atoms with van der Waals surface area (Å²) in [5.74, 6) is -1.46. The molecule has 0 spiro atoms. The smallest absolute Gasteiger partial charge is 0.305 e. The number of rotatable bonds is 22. The number of carbonyl (C=O) groups excluding carboxylic acids is 1. The Bertz CT molecular complexity index is 518. The van der Waals surface area contributed by atoms with Gasteiger partial charge in [0.1, 0.15) is 0 Å². The van der Waals surface area contributed by atoms with Gasteiger partial charge in [-0.3, -0.25) is 14.4 Å². The second-order valence-corrected chi connectivity index (χ2v) is 9.70. The van der Waals surface area contributed by atoms with Crippen LogP contribution in [0.4, 0.5) is 0 Å². The summed E-state index contributed by atoms with van der Waals surface area (Å²) in [5.41, 5.74) is -0.299. The SMILES string of the molecule is CCC(C)(C)N(CCC(=O)O)C(=O)CCCCCCCCCCCCCCCCC(=O)O. The summed E-state index contributed by atoms with van der Waals surface area (Å²) in [6.07, 6.45) is 17.9. The number of nitrogens with zero attached hydrogens (tertiary/aromatic N) is 1. The van der Waals surface area contributed by atoms with Crippen LogP contribution in [0.25, 0.3) is 0 Å². The second kappa shape index (κ2) is 18.9. The highest BCUT2D eigenvalue weighted by atomic mass is 16.4. The third kappa shape index (κ3) is 17.0. The quantitative estimate of drug-likeness (QED) is 0.175. The van der Waals surface area contributed by atoms with Gasteiger partial charge in [0.15, 0.2) is 0 Å². The molecule has 0 aromatic heterocycles.